The predicted octanol–water partition coefficient (Wildman–Crippen LogP) is 11.6. The summed E-state index contributed by atoms with van der Waals surface area (Å²) in [7, 11) is -5.02. The molecule has 6 unspecified atom stereocenters. The highest BCUT2D eigenvalue weighted by Crippen LogP contribution is 2.47. The van der Waals surface area contributed by atoms with Gasteiger partial charge in [0, 0.05) is 13.0 Å². The van der Waals surface area contributed by atoms with Crippen molar-refractivity contribution >= 4 is 13.8 Å². The number of hydrogen-bond donors (Lipinski definition) is 6. The summed E-state index contributed by atoms with van der Waals surface area (Å²) in [6.07, 6.45) is 40.3. The average molecular weight is 943 g/mol. The van der Waals surface area contributed by atoms with Crippen molar-refractivity contribution in [3.8, 4) is 0 Å². The lowest BCUT2D eigenvalue weighted by atomic mass is 9.85. The highest BCUT2D eigenvalue weighted by atomic mass is 31.2. The molecule has 0 heterocycles. The fraction of sp³-hybridized carbons (Fsp3) is 0.827. The molecule has 0 saturated heterocycles. The number of phosphoric ester groups is 1. The zero-order valence-electron chi connectivity index (χ0n) is 40.8. The summed E-state index contributed by atoms with van der Waals surface area (Å²) < 4.78 is 34.3. The van der Waals surface area contributed by atoms with Crippen LogP contribution in [0.15, 0.2) is 48.6 Å². The maximum Gasteiger partial charge on any atom is 0.472 e. The van der Waals surface area contributed by atoms with Crippen LogP contribution in [0.1, 0.15) is 213 Å². The smallest absolute Gasteiger partial charge is 0.457 e. The average Bonchev–Trinajstić information content (AvgIpc) is 3.29. The first-order valence-electron chi connectivity index (χ1n) is 26.0. The van der Waals surface area contributed by atoms with Crippen molar-refractivity contribution in [2.45, 2.75) is 256 Å². The second-order valence-electron chi connectivity index (χ2n) is 18.0. The minimum Gasteiger partial charge on any atom is -0.457 e. The standard InChI is InChI=1S/C52H95O12P/c1-3-5-7-9-11-13-15-17-19-20-21-22-23-24-25-26-27-28-30-32-34-36-38-40-42-61-43-45(44-62-65(59,60)64-52-50(57)48(55)47(54)49(56)51(52)58)63-46(53)41-39-37-35-33-31-29-18-16-14-12-10-8-6-4-2/h5,7,11,13,17,19,21-22,45,47-52,54-58H,3-4,6,8-10,12,14-16,18,20,23-44H2,1-2H3,(H,59,60)/b7-5-,13-11-,19-17-,22-21-. The largest absolute Gasteiger partial charge is 0.472 e. The molecule has 1 aliphatic rings. The normalized spacial score (nSPS) is 21.9. The fourth-order valence-electron chi connectivity index (χ4n) is 7.88. The summed E-state index contributed by atoms with van der Waals surface area (Å²) >= 11 is 0. The molecule has 1 aliphatic carbocycles. The zero-order valence-corrected chi connectivity index (χ0v) is 41.7. The number of carbonyl (C=O) groups is 1. The number of carbonyl (C=O) groups excluding carboxylic acids is 1. The number of rotatable bonds is 44. The molecule has 380 valence electrons. The monoisotopic (exact) mass is 943 g/mol. The molecule has 13 heteroatoms. The van der Waals surface area contributed by atoms with Crippen LogP contribution < -0.4 is 0 Å². The third kappa shape index (κ3) is 34.3. The lowest BCUT2D eigenvalue weighted by Gasteiger charge is -2.41. The summed E-state index contributed by atoms with van der Waals surface area (Å²) in [5.74, 6) is -0.477. The van der Waals surface area contributed by atoms with Crippen molar-refractivity contribution < 1.29 is 58.3 Å². The van der Waals surface area contributed by atoms with Gasteiger partial charge in [0.2, 0.25) is 0 Å². The Bertz CT molecular complexity index is 1260. The maximum absolute atomic E-state index is 12.8. The van der Waals surface area contributed by atoms with E-state index in [0.29, 0.717) is 13.0 Å². The van der Waals surface area contributed by atoms with Crippen LogP contribution in [0.25, 0.3) is 0 Å². The second kappa shape index (κ2) is 42.4. The van der Waals surface area contributed by atoms with E-state index in [1.165, 1.54) is 116 Å². The van der Waals surface area contributed by atoms with E-state index in [1.54, 1.807) is 0 Å². The molecule has 12 nitrogen and oxygen atoms in total. The maximum atomic E-state index is 12.8. The molecule has 1 rings (SSSR count). The third-order valence-corrected chi connectivity index (χ3v) is 13.0. The highest BCUT2D eigenvalue weighted by Gasteiger charge is 2.51. The molecule has 0 aromatic heterocycles. The second-order valence-corrected chi connectivity index (χ2v) is 19.4. The van der Waals surface area contributed by atoms with Crippen LogP contribution in [-0.2, 0) is 27.9 Å². The van der Waals surface area contributed by atoms with Gasteiger partial charge in [-0.2, -0.15) is 0 Å². The van der Waals surface area contributed by atoms with Crippen molar-refractivity contribution in [1.29, 1.82) is 0 Å². The molecule has 1 fully saturated rings. The van der Waals surface area contributed by atoms with E-state index < -0.39 is 63.1 Å². The number of unbranched alkanes of at least 4 members (excludes halogenated alkanes) is 24. The van der Waals surface area contributed by atoms with Gasteiger partial charge >= 0.3 is 13.8 Å². The molecule has 0 spiro atoms. The number of ether oxygens (including phenoxy) is 2. The Morgan fingerprint density at radius 3 is 1.38 bits per heavy atom. The number of allylic oxidation sites excluding steroid dienone is 8. The van der Waals surface area contributed by atoms with Gasteiger partial charge in [0.15, 0.2) is 0 Å². The van der Waals surface area contributed by atoms with Crippen LogP contribution in [0, 0.1) is 0 Å². The molecule has 0 aliphatic heterocycles. The summed E-state index contributed by atoms with van der Waals surface area (Å²) in [5, 5.41) is 50.3. The van der Waals surface area contributed by atoms with Gasteiger partial charge in [-0.25, -0.2) is 4.57 Å². The number of aliphatic hydroxyl groups is 5. The minimum atomic E-state index is -5.02. The lowest BCUT2D eigenvalue weighted by Crippen LogP contribution is -2.64. The first-order chi connectivity index (χ1) is 31.5. The molecular formula is C52H95O12P. The molecular weight excluding hydrogens is 848 g/mol. The van der Waals surface area contributed by atoms with Gasteiger partial charge in [-0.1, -0.05) is 204 Å². The van der Waals surface area contributed by atoms with Crippen molar-refractivity contribution in [3.05, 3.63) is 48.6 Å². The van der Waals surface area contributed by atoms with Crippen LogP contribution >= 0.6 is 7.82 Å². The first kappa shape index (κ1) is 61.3. The Kier molecular flexibility index (Phi) is 40.0. The fourth-order valence-corrected chi connectivity index (χ4v) is 8.85. The lowest BCUT2D eigenvalue weighted by molar-refractivity contribution is -0.220. The Morgan fingerprint density at radius 1 is 0.508 bits per heavy atom. The van der Waals surface area contributed by atoms with Crippen LogP contribution in [0.3, 0.4) is 0 Å². The third-order valence-electron chi connectivity index (χ3n) is 12.0. The van der Waals surface area contributed by atoms with Crippen molar-refractivity contribution in [1.82, 2.24) is 0 Å². The number of esters is 1. The van der Waals surface area contributed by atoms with Gasteiger partial charge in [-0.15, -0.1) is 0 Å². The van der Waals surface area contributed by atoms with Crippen molar-refractivity contribution in [2.75, 3.05) is 19.8 Å². The van der Waals surface area contributed by atoms with E-state index in [9.17, 15) is 39.8 Å². The van der Waals surface area contributed by atoms with E-state index in [-0.39, 0.29) is 13.0 Å². The first-order valence-corrected chi connectivity index (χ1v) is 27.5. The Morgan fingerprint density at radius 2 is 0.908 bits per heavy atom. The number of aliphatic hydroxyl groups excluding tert-OH is 5. The molecule has 0 radical (unpaired) electrons. The summed E-state index contributed by atoms with van der Waals surface area (Å²) in [6, 6.07) is 0. The molecule has 65 heavy (non-hydrogen) atoms. The Balaban J connectivity index is 2.30. The molecule has 6 N–H and O–H groups in total. The molecule has 6 atom stereocenters. The topological polar surface area (TPSA) is 192 Å². The van der Waals surface area contributed by atoms with Gasteiger partial charge in [0.25, 0.3) is 0 Å². The molecule has 1 saturated carbocycles. The SMILES string of the molecule is CC/C=C\C/C=C\C/C=C\C/C=C\CCCCCCCCCCCCCOCC(COP(=O)(O)OC1C(O)C(O)C(O)C(O)C1O)OC(=O)CCCCCCCCCCCCCCCC. The number of phosphoric acid groups is 1. The van der Waals surface area contributed by atoms with E-state index in [4.69, 9.17) is 18.5 Å². The van der Waals surface area contributed by atoms with Gasteiger partial charge in [-0.3, -0.25) is 13.8 Å². The van der Waals surface area contributed by atoms with Crippen LogP contribution in [-0.4, -0.2) is 98.9 Å². The van der Waals surface area contributed by atoms with Gasteiger partial charge in [0.1, 0.15) is 42.7 Å². The van der Waals surface area contributed by atoms with Crippen molar-refractivity contribution in [3.63, 3.8) is 0 Å². The highest BCUT2D eigenvalue weighted by molar-refractivity contribution is 7.47. The Labute approximate surface area is 395 Å². The molecule has 0 aromatic carbocycles. The van der Waals surface area contributed by atoms with Crippen molar-refractivity contribution in [2.24, 2.45) is 0 Å². The summed E-state index contributed by atoms with van der Waals surface area (Å²) in [5.41, 5.74) is 0. The van der Waals surface area contributed by atoms with Crippen LogP contribution in [0.5, 0.6) is 0 Å². The van der Waals surface area contributed by atoms with Gasteiger partial charge < -0.3 is 39.9 Å². The molecule has 0 aromatic rings. The van der Waals surface area contributed by atoms with Crippen LogP contribution in [0.4, 0.5) is 0 Å². The quantitative estimate of drug-likeness (QED) is 0.0147. The molecule has 0 amide bonds. The van der Waals surface area contributed by atoms with E-state index in [1.807, 2.05) is 0 Å². The summed E-state index contributed by atoms with van der Waals surface area (Å²) in [4.78, 5) is 23.2. The Hall–Kier alpha value is -1.70. The van der Waals surface area contributed by atoms with Gasteiger partial charge in [-0.05, 0) is 51.4 Å². The van der Waals surface area contributed by atoms with Gasteiger partial charge in [0.05, 0.1) is 13.2 Å². The summed E-state index contributed by atoms with van der Waals surface area (Å²) in [6.45, 7) is 4.16. The van der Waals surface area contributed by atoms with Crippen LogP contribution in [0.2, 0.25) is 0 Å². The van der Waals surface area contributed by atoms with E-state index in [2.05, 4.69) is 62.5 Å². The minimum absolute atomic E-state index is 0.0772. The molecule has 0 bridgehead atoms. The predicted molar refractivity (Wildman–Crippen MR) is 262 cm³/mol. The van der Waals surface area contributed by atoms with E-state index in [0.717, 1.165) is 70.6 Å². The number of hydrogen-bond acceptors (Lipinski definition) is 11. The zero-order chi connectivity index (χ0) is 47.6. The van der Waals surface area contributed by atoms with E-state index >= 15 is 0 Å².